The number of carbonyl (C=O) groups excluding carboxylic acids is 1. The van der Waals surface area contributed by atoms with Gasteiger partial charge in [0.2, 0.25) is 0 Å². The summed E-state index contributed by atoms with van der Waals surface area (Å²) in [5.74, 6) is -0.229. The van der Waals surface area contributed by atoms with E-state index in [2.05, 4.69) is 36.1 Å². The maximum absolute atomic E-state index is 12.2. The van der Waals surface area contributed by atoms with Crippen LogP contribution in [0.25, 0.3) is 0 Å². The molecule has 3 rings (SSSR count). The standard InChI is InChI=1S/C25H27NO2/c1-19(22-14-8-4-9-15-22)26(18-21-12-6-3-7-13-21)24(25(28)20(2)27)23-16-10-5-11-17-23/h3-17,19,24-25,28H,18H2,1-2H3/t19-,24+,25-/m1/s1. The lowest BCUT2D eigenvalue weighted by Gasteiger charge is -2.39. The van der Waals surface area contributed by atoms with Gasteiger partial charge in [0, 0.05) is 12.6 Å². The van der Waals surface area contributed by atoms with Gasteiger partial charge in [-0.3, -0.25) is 9.69 Å². The summed E-state index contributed by atoms with van der Waals surface area (Å²) in [5.41, 5.74) is 3.22. The van der Waals surface area contributed by atoms with Crippen molar-refractivity contribution in [3.8, 4) is 0 Å². The Morgan fingerprint density at radius 2 is 1.29 bits per heavy atom. The van der Waals surface area contributed by atoms with Crippen LogP contribution in [0.15, 0.2) is 91.0 Å². The van der Waals surface area contributed by atoms with Crippen molar-refractivity contribution in [2.75, 3.05) is 0 Å². The first-order valence-corrected chi connectivity index (χ1v) is 9.66. The van der Waals surface area contributed by atoms with Gasteiger partial charge in [0.15, 0.2) is 5.78 Å². The highest BCUT2D eigenvalue weighted by molar-refractivity contribution is 5.81. The van der Waals surface area contributed by atoms with Crippen molar-refractivity contribution in [2.45, 2.75) is 38.6 Å². The zero-order valence-corrected chi connectivity index (χ0v) is 16.4. The monoisotopic (exact) mass is 373 g/mol. The molecule has 28 heavy (non-hydrogen) atoms. The topological polar surface area (TPSA) is 40.5 Å². The van der Waals surface area contributed by atoms with Crippen LogP contribution in [0.5, 0.6) is 0 Å². The summed E-state index contributed by atoms with van der Waals surface area (Å²) in [4.78, 5) is 14.4. The van der Waals surface area contributed by atoms with Gasteiger partial charge in [-0.15, -0.1) is 0 Å². The molecule has 0 saturated heterocycles. The molecule has 0 aromatic heterocycles. The Morgan fingerprint density at radius 1 is 0.821 bits per heavy atom. The van der Waals surface area contributed by atoms with E-state index < -0.39 is 12.1 Å². The van der Waals surface area contributed by atoms with Gasteiger partial charge in [-0.1, -0.05) is 91.0 Å². The van der Waals surface area contributed by atoms with E-state index in [0.29, 0.717) is 6.54 Å². The predicted molar refractivity (Wildman–Crippen MR) is 113 cm³/mol. The highest BCUT2D eigenvalue weighted by Crippen LogP contribution is 2.34. The lowest BCUT2D eigenvalue weighted by Crippen LogP contribution is -2.41. The zero-order chi connectivity index (χ0) is 19.9. The second kappa shape index (κ2) is 9.45. The van der Waals surface area contributed by atoms with E-state index in [9.17, 15) is 9.90 Å². The number of benzene rings is 3. The fraction of sp³-hybridized carbons (Fsp3) is 0.240. The van der Waals surface area contributed by atoms with Crippen LogP contribution in [-0.2, 0) is 11.3 Å². The molecular weight excluding hydrogens is 346 g/mol. The number of rotatable bonds is 8. The Balaban J connectivity index is 2.06. The van der Waals surface area contributed by atoms with Gasteiger partial charge >= 0.3 is 0 Å². The minimum absolute atomic E-state index is 0.0145. The van der Waals surface area contributed by atoms with Crippen molar-refractivity contribution in [1.29, 1.82) is 0 Å². The minimum atomic E-state index is -1.10. The molecule has 0 fully saturated rings. The fourth-order valence-corrected chi connectivity index (χ4v) is 3.62. The highest BCUT2D eigenvalue weighted by Gasteiger charge is 2.33. The van der Waals surface area contributed by atoms with Gasteiger partial charge in [0.05, 0.1) is 6.04 Å². The molecule has 3 aromatic rings. The van der Waals surface area contributed by atoms with Gasteiger partial charge < -0.3 is 5.11 Å². The molecule has 3 atom stereocenters. The summed E-state index contributed by atoms with van der Waals surface area (Å²) >= 11 is 0. The van der Waals surface area contributed by atoms with E-state index in [4.69, 9.17) is 0 Å². The average Bonchev–Trinajstić information content (AvgIpc) is 2.74. The number of aliphatic hydroxyl groups excluding tert-OH is 1. The summed E-state index contributed by atoms with van der Waals surface area (Å²) in [5, 5.41) is 10.9. The van der Waals surface area contributed by atoms with Gasteiger partial charge in [0.1, 0.15) is 6.10 Å². The highest BCUT2D eigenvalue weighted by atomic mass is 16.3. The van der Waals surface area contributed by atoms with Gasteiger partial charge in [0.25, 0.3) is 0 Å². The molecule has 0 amide bonds. The second-order valence-corrected chi connectivity index (χ2v) is 7.16. The first-order valence-electron chi connectivity index (χ1n) is 9.66. The van der Waals surface area contributed by atoms with Gasteiger partial charge in [-0.05, 0) is 30.5 Å². The van der Waals surface area contributed by atoms with Crippen LogP contribution in [0.2, 0.25) is 0 Å². The Labute approximate surface area is 167 Å². The summed E-state index contributed by atoms with van der Waals surface area (Å²) < 4.78 is 0. The Kier molecular flexibility index (Phi) is 6.75. The molecule has 0 aliphatic rings. The first kappa shape index (κ1) is 20.0. The van der Waals surface area contributed by atoms with E-state index in [1.807, 2.05) is 66.7 Å². The Morgan fingerprint density at radius 3 is 1.79 bits per heavy atom. The van der Waals surface area contributed by atoms with E-state index in [1.165, 1.54) is 6.92 Å². The molecule has 1 N–H and O–H groups in total. The van der Waals surface area contributed by atoms with Crippen LogP contribution in [-0.4, -0.2) is 21.9 Å². The summed E-state index contributed by atoms with van der Waals surface area (Å²) in [6.45, 7) is 4.20. The molecule has 3 aromatic carbocycles. The number of aliphatic hydroxyl groups is 1. The number of nitrogens with zero attached hydrogens (tertiary/aromatic N) is 1. The number of ketones is 1. The third-order valence-corrected chi connectivity index (χ3v) is 5.20. The Bertz CT molecular complexity index is 865. The van der Waals surface area contributed by atoms with E-state index in [1.54, 1.807) is 0 Å². The molecule has 0 bridgehead atoms. The first-order chi connectivity index (χ1) is 13.6. The van der Waals surface area contributed by atoms with Gasteiger partial charge in [-0.2, -0.15) is 0 Å². The smallest absolute Gasteiger partial charge is 0.160 e. The average molecular weight is 373 g/mol. The zero-order valence-electron chi connectivity index (χ0n) is 16.4. The summed E-state index contributed by atoms with van der Waals surface area (Å²) in [7, 11) is 0. The largest absolute Gasteiger partial charge is 0.383 e. The maximum Gasteiger partial charge on any atom is 0.160 e. The number of Topliss-reactive ketones (excluding diaryl/α,β-unsaturated/α-hetero) is 1. The number of hydrogen-bond acceptors (Lipinski definition) is 3. The van der Waals surface area contributed by atoms with Crippen LogP contribution in [0.3, 0.4) is 0 Å². The van der Waals surface area contributed by atoms with Gasteiger partial charge in [-0.25, -0.2) is 0 Å². The van der Waals surface area contributed by atoms with Crippen LogP contribution < -0.4 is 0 Å². The summed E-state index contributed by atoms with van der Waals surface area (Å²) in [6.07, 6.45) is -1.10. The van der Waals surface area contributed by atoms with Crippen LogP contribution >= 0.6 is 0 Å². The maximum atomic E-state index is 12.2. The van der Waals surface area contributed by atoms with E-state index in [0.717, 1.165) is 16.7 Å². The Hall–Kier alpha value is -2.75. The van der Waals surface area contributed by atoms with Crippen molar-refractivity contribution in [2.24, 2.45) is 0 Å². The quantitative estimate of drug-likeness (QED) is 0.608. The molecule has 144 valence electrons. The normalized spacial score (nSPS) is 14.4. The van der Waals surface area contributed by atoms with E-state index in [-0.39, 0.29) is 11.8 Å². The molecule has 0 saturated carbocycles. The predicted octanol–water partition coefficient (Wildman–Crippen LogP) is 4.94. The van der Waals surface area contributed by atoms with Crippen molar-refractivity contribution in [3.05, 3.63) is 108 Å². The molecule has 0 aliphatic carbocycles. The van der Waals surface area contributed by atoms with Crippen molar-refractivity contribution in [1.82, 2.24) is 4.90 Å². The second-order valence-electron chi connectivity index (χ2n) is 7.16. The molecular formula is C25H27NO2. The van der Waals surface area contributed by atoms with Crippen LogP contribution in [0, 0.1) is 0 Å². The molecule has 0 heterocycles. The SMILES string of the molecule is CC(=O)[C@@H](O)[C@H](c1ccccc1)N(Cc1ccccc1)[C@H](C)c1ccccc1. The lowest BCUT2D eigenvalue weighted by atomic mass is 9.93. The molecule has 0 aliphatic heterocycles. The van der Waals surface area contributed by atoms with E-state index >= 15 is 0 Å². The lowest BCUT2D eigenvalue weighted by molar-refractivity contribution is -0.129. The molecule has 0 spiro atoms. The molecule has 3 nitrogen and oxygen atoms in total. The number of hydrogen-bond donors (Lipinski definition) is 1. The third kappa shape index (κ3) is 4.75. The summed E-state index contributed by atoms with van der Waals surface area (Å²) in [6, 6.07) is 29.8. The van der Waals surface area contributed by atoms with Crippen LogP contribution in [0.4, 0.5) is 0 Å². The molecule has 0 radical (unpaired) electrons. The minimum Gasteiger partial charge on any atom is -0.383 e. The fourth-order valence-electron chi connectivity index (χ4n) is 3.62. The van der Waals surface area contributed by atoms with Crippen molar-refractivity contribution in [3.63, 3.8) is 0 Å². The van der Waals surface area contributed by atoms with Crippen molar-refractivity contribution >= 4 is 5.78 Å². The van der Waals surface area contributed by atoms with Crippen molar-refractivity contribution < 1.29 is 9.90 Å². The third-order valence-electron chi connectivity index (χ3n) is 5.20. The van der Waals surface area contributed by atoms with Crippen LogP contribution in [0.1, 0.15) is 42.6 Å². The molecule has 0 unspecified atom stereocenters. The molecule has 3 heteroatoms. The number of carbonyl (C=O) groups is 1.